The lowest BCUT2D eigenvalue weighted by molar-refractivity contribution is -0.132. The van der Waals surface area contributed by atoms with Gasteiger partial charge in [-0.1, -0.05) is 6.92 Å². The molecule has 154 valence electrons. The second kappa shape index (κ2) is 8.08. The van der Waals surface area contributed by atoms with Crippen molar-refractivity contribution in [3.63, 3.8) is 0 Å². The molecular weight excluding hydrogens is 396 g/mol. The molecule has 1 aromatic carbocycles. The van der Waals surface area contributed by atoms with Gasteiger partial charge in [-0.3, -0.25) is 19.1 Å². The standard InChI is InChI=1S/C19H22N4O5S/c1-5-15(24)23-13(11-7-6-10(27-3)8-14(11)28-4)9-12(21-23)16-17(25)20-19(29)22(2)18(16)26/h6-8,13,26H,5,9H2,1-4H3,(H,20,25,29)/t13-/m1/s1. The maximum absolute atomic E-state index is 12.6. The number of methoxy groups -OCH3 is 2. The van der Waals surface area contributed by atoms with Gasteiger partial charge < -0.3 is 14.6 Å². The van der Waals surface area contributed by atoms with Gasteiger partial charge in [0.25, 0.3) is 5.56 Å². The maximum atomic E-state index is 12.6. The van der Waals surface area contributed by atoms with Crippen LogP contribution in [0, 0.1) is 4.77 Å². The molecule has 10 heteroatoms. The molecular formula is C19H22N4O5S. The molecule has 1 amide bonds. The summed E-state index contributed by atoms with van der Waals surface area (Å²) in [6, 6.07) is 4.79. The van der Waals surface area contributed by atoms with Crippen LogP contribution in [0.25, 0.3) is 0 Å². The molecule has 9 nitrogen and oxygen atoms in total. The minimum atomic E-state index is -0.560. The fraction of sp³-hybridized carbons (Fsp3) is 0.368. The van der Waals surface area contributed by atoms with Gasteiger partial charge in [-0.2, -0.15) is 5.10 Å². The van der Waals surface area contributed by atoms with Gasteiger partial charge >= 0.3 is 0 Å². The second-order valence-electron chi connectivity index (χ2n) is 6.48. The molecule has 1 atom stereocenters. The van der Waals surface area contributed by atoms with Gasteiger partial charge in [-0.15, -0.1) is 0 Å². The minimum absolute atomic E-state index is 0.00928. The van der Waals surface area contributed by atoms with E-state index in [1.165, 1.54) is 23.7 Å². The summed E-state index contributed by atoms with van der Waals surface area (Å²) in [5, 5.41) is 16.2. The average molecular weight is 418 g/mol. The summed E-state index contributed by atoms with van der Waals surface area (Å²) in [6.45, 7) is 1.73. The summed E-state index contributed by atoms with van der Waals surface area (Å²) in [6.07, 6.45) is 0.453. The van der Waals surface area contributed by atoms with Crippen LogP contribution < -0.4 is 15.0 Å². The summed E-state index contributed by atoms with van der Waals surface area (Å²) in [5.74, 6) is 0.622. The van der Waals surface area contributed by atoms with Crippen molar-refractivity contribution in [1.29, 1.82) is 0 Å². The number of benzene rings is 1. The van der Waals surface area contributed by atoms with E-state index in [0.29, 0.717) is 22.8 Å². The van der Waals surface area contributed by atoms with E-state index >= 15 is 0 Å². The molecule has 0 unspecified atom stereocenters. The third kappa shape index (κ3) is 3.63. The van der Waals surface area contributed by atoms with Crippen molar-refractivity contribution in [2.45, 2.75) is 25.8 Å². The van der Waals surface area contributed by atoms with Crippen LogP contribution >= 0.6 is 12.2 Å². The normalized spacial score (nSPS) is 15.9. The Morgan fingerprint density at radius 3 is 2.72 bits per heavy atom. The lowest BCUT2D eigenvalue weighted by atomic mass is 9.98. The largest absolute Gasteiger partial charge is 0.497 e. The SMILES string of the molecule is CCC(=O)N1N=C(c2c(O)n(C)c(=S)[nH]c2=O)C[C@@H]1c1ccc(OC)cc1OC. The number of rotatable bonds is 5. The Hall–Kier alpha value is -3.14. The number of amides is 1. The van der Waals surface area contributed by atoms with Crippen LogP contribution in [-0.4, -0.2) is 45.5 Å². The minimum Gasteiger partial charge on any atom is -0.497 e. The van der Waals surface area contributed by atoms with Crippen LogP contribution in [0.5, 0.6) is 17.4 Å². The fourth-order valence-corrected chi connectivity index (χ4v) is 3.44. The summed E-state index contributed by atoms with van der Waals surface area (Å²) >= 11 is 5.02. The number of aromatic hydroxyl groups is 1. The number of nitrogens with one attached hydrogen (secondary N) is 1. The zero-order valence-electron chi connectivity index (χ0n) is 16.6. The Balaban J connectivity index is 2.12. The number of H-pyrrole nitrogens is 1. The third-order valence-corrected chi connectivity index (χ3v) is 5.23. The second-order valence-corrected chi connectivity index (χ2v) is 6.87. The maximum Gasteiger partial charge on any atom is 0.264 e. The van der Waals surface area contributed by atoms with Gasteiger partial charge in [0, 0.05) is 31.5 Å². The van der Waals surface area contributed by atoms with Crippen molar-refractivity contribution in [3.05, 3.63) is 44.5 Å². The van der Waals surface area contributed by atoms with Crippen LogP contribution in [0.1, 0.15) is 36.9 Å². The molecule has 2 N–H and O–H groups in total. The molecule has 0 fully saturated rings. The molecule has 0 saturated heterocycles. The highest BCUT2D eigenvalue weighted by atomic mass is 32.1. The predicted octanol–water partition coefficient (Wildman–Crippen LogP) is 2.25. The van der Waals surface area contributed by atoms with E-state index in [1.54, 1.807) is 32.2 Å². The quantitative estimate of drug-likeness (QED) is 0.721. The Morgan fingerprint density at radius 1 is 1.38 bits per heavy atom. The lowest BCUT2D eigenvalue weighted by Crippen LogP contribution is -2.26. The van der Waals surface area contributed by atoms with Crippen molar-refractivity contribution in [2.24, 2.45) is 12.1 Å². The van der Waals surface area contributed by atoms with Crippen molar-refractivity contribution < 1.29 is 19.4 Å². The summed E-state index contributed by atoms with van der Waals surface area (Å²) in [7, 11) is 4.61. The zero-order valence-corrected chi connectivity index (χ0v) is 17.4. The summed E-state index contributed by atoms with van der Waals surface area (Å²) in [4.78, 5) is 27.6. The number of ether oxygens (including phenoxy) is 2. The molecule has 0 radical (unpaired) electrons. The summed E-state index contributed by atoms with van der Waals surface area (Å²) < 4.78 is 12.1. The number of hydrogen-bond donors (Lipinski definition) is 2. The molecule has 1 aromatic heterocycles. The van der Waals surface area contributed by atoms with Crippen LogP contribution in [0.2, 0.25) is 0 Å². The number of aromatic amines is 1. The average Bonchev–Trinajstić information content (AvgIpc) is 3.15. The molecule has 0 spiro atoms. The third-order valence-electron chi connectivity index (χ3n) is 4.85. The van der Waals surface area contributed by atoms with Crippen LogP contribution in [0.3, 0.4) is 0 Å². The highest BCUT2D eigenvalue weighted by Crippen LogP contribution is 2.39. The van der Waals surface area contributed by atoms with Crippen molar-refractivity contribution in [1.82, 2.24) is 14.6 Å². The van der Waals surface area contributed by atoms with E-state index in [9.17, 15) is 14.7 Å². The molecule has 2 aromatic rings. The van der Waals surface area contributed by atoms with Gasteiger partial charge in [0.05, 0.1) is 26.0 Å². The van der Waals surface area contributed by atoms with Gasteiger partial charge in [-0.25, -0.2) is 5.01 Å². The number of nitrogens with zero attached hydrogens (tertiary/aromatic N) is 3. The lowest BCUT2D eigenvalue weighted by Gasteiger charge is -2.23. The van der Waals surface area contributed by atoms with E-state index in [0.717, 1.165) is 0 Å². The van der Waals surface area contributed by atoms with Crippen molar-refractivity contribution in [3.8, 4) is 17.4 Å². The van der Waals surface area contributed by atoms with Crippen LogP contribution in [0.4, 0.5) is 0 Å². The molecule has 1 aliphatic heterocycles. The van der Waals surface area contributed by atoms with E-state index in [1.807, 2.05) is 0 Å². The molecule has 0 bridgehead atoms. The van der Waals surface area contributed by atoms with Gasteiger partial charge in [0.2, 0.25) is 11.8 Å². The smallest absolute Gasteiger partial charge is 0.264 e. The Kier molecular flexibility index (Phi) is 5.73. The molecule has 0 aliphatic carbocycles. The Bertz CT molecular complexity index is 1100. The van der Waals surface area contributed by atoms with E-state index in [-0.39, 0.29) is 35.0 Å². The van der Waals surface area contributed by atoms with Crippen LogP contribution in [-0.2, 0) is 11.8 Å². The number of aromatic nitrogens is 2. The topological polar surface area (TPSA) is 109 Å². The first-order chi connectivity index (χ1) is 13.8. The molecule has 2 heterocycles. The van der Waals surface area contributed by atoms with Gasteiger partial charge in [0.15, 0.2) is 4.77 Å². The fourth-order valence-electron chi connectivity index (χ4n) is 3.26. The zero-order chi connectivity index (χ0) is 21.3. The number of carbonyl (C=O) groups is 1. The number of hydrogen-bond acceptors (Lipinski definition) is 7. The van der Waals surface area contributed by atoms with E-state index in [2.05, 4.69) is 10.1 Å². The van der Waals surface area contributed by atoms with E-state index in [4.69, 9.17) is 21.7 Å². The predicted molar refractivity (Wildman–Crippen MR) is 109 cm³/mol. The highest BCUT2D eigenvalue weighted by Gasteiger charge is 2.36. The van der Waals surface area contributed by atoms with Crippen LogP contribution in [0.15, 0.2) is 28.1 Å². The molecule has 3 rings (SSSR count). The van der Waals surface area contributed by atoms with Gasteiger partial charge in [-0.05, 0) is 24.4 Å². The Labute approximate surface area is 172 Å². The van der Waals surface area contributed by atoms with E-state index < -0.39 is 11.6 Å². The molecule has 1 aliphatic rings. The number of carbonyl (C=O) groups excluding carboxylic acids is 1. The van der Waals surface area contributed by atoms with Crippen molar-refractivity contribution in [2.75, 3.05) is 14.2 Å². The molecule has 29 heavy (non-hydrogen) atoms. The first-order valence-corrected chi connectivity index (χ1v) is 9.37. The summed E-state index contributed by atoms with van der Waals surface area (Å²) in [5.41, 5.74) is 0.439. The van der Waals surface area contributed by atoms with Crippen molar-refractivity contribution >= 4 is 23.8 Å². The first kappa shape index (κ1) is 20.6. The number of hydrazone groups is 1. The Morgan fingerprint density at radius 2 is 2.10 bits per heavy atom. The first-order valence-electron chi connectivity index (χ1n) is 8.96. The molecule has 0 saturated carbocycles. The van der Waals surface area contributed by atoms with Gasteiger partial charge in [0.1, 0.15) is 17.1 Å². The highest BCUT2D eigenvalue weighted by molar-refractivity contribution is 7.71. The monoisotopic (exact) mass is 418 g/mol.